The summed E-state index contributed by atoms with van der Waals surface area (Å²) in [7, 11) is 0. The predicted octanol–water partition coefficient (Wildman–Crippen LogP) is 2.43. The minimum absolute atomic E-state index is 0. The third-order valence-electron chi connectivity index (χ3n) is 2.30. The molecule has 0 N–H and O–H groups in total. The van der Waals surface area contributed by atoms with Crippen LogP contribution in [0.2, 0.25) is 0 Å². The summed E-state index contributed by atoms with van der Waals surface area (Å²) in [5, 5.41) is 0. The molecule has 2 heteroatoms. The van der Waals surface area contributed by atoms with Crippen LogP contribution in [0.3, 0.4) is 0 Å². The average Bonchev–Trinajstić information content (AvgIpc) is 1.90. The second-order valence-corrected chi connectivity index (χ2v) is 4.52. The molecule has 0 spiro atoms. The second-order valence-electron chi connectivity index (χ2n) is 3.08. The molecule has 1 aliphatic carbocycles. The van der Waals surface area contributed by atoms with Gasteiger partial charge in [-0.2, -0.15) is 0 Å². The normalized spacial score (nSPS) is 23.4. The Hall–Kier alpha value is 1.25. The molecule has 1 atom stereocenters. The van der Waals surface area contributed by atoms with Crippen LogP contribution in [0.4, 0.5) is 0 Å². The van der Waals surface area contributed by atoms with Gasteiger partial charge in [0.05, 0.1) is 0 Å². The zero-order valence-electron chi connectivity index (χ0n) is 6.07. The maximum Gasteiger partial charge on any atom is 0.316 e. The van der Waals surface area contributed by atoms with Crippen LogP contribution in [-0.4, -0.2) is 27.9 Å². The Kier molecular flexibility index (Phi) is 6.57. The van der Waals surface area contributed by atoms with Gasteiger partial charge in [-0.3, -0.25) is 0 Å². The highest BCUT2D eigenvalue weighted by Gasteiger charge is 2.16. The lowest BCUT2D eigenvalue weighted by molar-refractivity contribution is 0.360. The fourth-order valence-electron chi connectivity index (χ4n) is 1.59. The summed E-state index contributed by atoms with van der Waals surface area (Å²) in [6.45, 7) is 2.27. The molecule has 1 aliphatic rings. The van der Waals surface area contributed by atoms with Crippen LogP contribution >= 0.6 is 15.9 Å². The van der Waals surface area contributed by atoms with Crippen molar-refractivity contribution in [2.24, 2.45) is 5.92 Å². The third kappa shape index (κ3) is 3.58. The molecule has 0 heterocycles. The van der Waals surface area contributed by atoms with Crippen LogP contribution in [-0.2, 0) is 0 Å². The number of rotatable bonds is 1. The highest BCUT2D eigenvalue weighted by atomic mass is 79.9. The summed E-state index contributed by atoms with van der Waals surface area (Å²) in [6, 6.07) is 0. The lowest BCUT2D eigenvalue weighted by atomic mass is 9.88. The predicted molar refractivity (Wildman–Crippen MR) is 53.5 cm³/mol. The van der Waals surface area contributed by atoms with E-state index < -0.39 is 0 Å². The SMILES string of the molecule is CC(Br)C1CCCCC1.[MgH2]. The highest BCUT2D eigenvalue weighted by molar-refractivity contribution is 9.09. The molecule has 0 saturated heterocycles. The standard InChI is InChI=1S/C8H15Br.Mg.2H/c1-7(9)8-5-3-2-4-6-8;;;/h7-8H,2-6H2,1H3;;;. The van der Waals surface area contributed by atoms with Gasteiger partial charge >= 0.3 is 23.1 Å². The fraction of sp³-hybridized carbons (Fsp3) is 1.00. The zero-order chi connectivity index (χ0) is 6.69. The molecule has 0 aromatic rings. The summed E-state index contributed by atoms with van der Waals surface area (Å²) >= 11 is 3.64. The lowest BCUT2D eigenvalue weighted by Crippen LogP contribution is -2.14. The Morgan fingerprint density at radius 1 is 1.20 bits per heavy atom. The molecule has 10 heavy (non-hydrogen) atoms. The van der Waals surface area contributed by atoms with Crippen LogP contribution in [0, 0.1) is 5.92 Å². The number of hydrogen-bond acceptors (Lipinski definition) is 0. The molecular formula is C8H17BrMg. The Balaban J connectivity index is 0.000000810. The van der Waals surface area contributed by atoms with Crippen molar-refractivity contribution >= 4 is 39.0 Å². The van der Waals surface area contributed by atoms with Crippen molar-refractivity contribution in [3.8, 4) is 0 Å². The Morgan fingerprint density at radius 2 is 1.70 bits per heavy atom. The van der Waals surface area contributed by atoms with E-state index in [1.54, 1.807) is 0 Å². The van der Waals surface area contributed by atoms with Crippen molar-refractivity contribution in [3.63, 3.8) is 0 Å². The maximum atomic E-state index is 3.64. The topological polar surface area (TPSA) is 0 Å². The molecule has 58 valence electrons. The van der Waals surface area contributed by atoms with E-state index in [1.807, 2.05) is 0 Å². The van der Waals surface area contributed by atoms with Crippen LogP contribution in [0.5, 0.6) is 0 Å². The first-order chi connectivity index (χ1) is 4.30. The molecule has 1 rings (SSSR count). The highest BCUT2D eigenvalue weighted by Crippen LogP contribution is 2.29. The van der Waals surface area contributed by atoms with Crippen molar-refractivity contribution < 1.29 is 0 Å². The van der Waals surface area contributed by atoms with Gasteiger partial charge in [0.1, 0.15) is 0 Å². The summed E-state index contributed by atoms with van der Waals surface area (Å²) in [6.07, 6.45) is 7.29. The second kappa shape index (κ2) is 5.84. The van der Waals surface area contributed by atoms with E-state index in [0.29, 0.717) is 0 Å². The van der Waals surface area contributed by atoms with Crippen LogP contribution in [0.25, 0.3) is 0 Å². The van der Waals surface area contributed by atoms with E-state index >= 15 is 0 Å². The number of alkyl halides is 1. The molecule has 0 aromatic heterocycles. The Labute approximate surface area is 88.4 Å². The Morgan fingerprint density at radius 3 is 2.00 bits per heavy atom. The smallest absolute Gasteiger partial charge is 0.0891 e. The molecule has 1 fully saturated rings. The zero-order valence-corrected chi connectivity index (χ0v) is 7.65. The molecule has 1 saturated carbocycles. The molecule has 1 unspecified atom stereocenters. The van der Waals surface area contributed by atoms with Crippen molar-refractivity contribution in [1.29, 1.82) is 0 Å². The van der Waals surface area contributed by atoms with Gasteiger partial charge in [-0.15, -0.1) is 0 Å². The summed E-state index contributed by atoms with van der Waals surface area (Å²) in [5.41, 5.74) is 0. The van der Waals surface area contributed by atoms with Gasteiger partial charge in [0.25, 0.3) is 0 Å². The maximum absolute atomic E-state index is 3.64. The summed E-state index contributed by atoms with van der Waals surface area (Å²) < 4.78 is 0. The molecular weight excluding hydrogens is 200 g/mol. The van der Waals surface area contributed by atoms with E-state index in [-0.39, 0.29) is 23.1 Å². The molecule has 0 bridgehead atoms. The van der Waals surface area contributed by atoms with Crippen molar-refractivity contribution in [2.45, 2.75) is 43.9 Å². The monoisotopic (exact) mass is 216 g/mol. The Bertz CT molecular complexity index is 77.3. The van der Waals surface area contributed by atoms with Crippen molar-refractivity contribution in [1.82, 2.24) is 0 Å². The van der Waals surface area contributed by atoms with E-state index in [1.165, 1.54) is 32.1 Å². The molecule has 0 amide bonds. The van der Waals surface area contributed by atoms with Gasteiger partial charge in [-0.1, -0.05) is 42.1 Å². The van der Waals surface area contributed by atoms with E-state index in [9.17, 15) is 0 Å². The van der Waals surface area contributed by atoms with Gasteiger partial charge in [-0.05, 0) is 18.8 Å². The average molecular weight is 217 g/mol. The first-order valence-electron chi connectivity index (χ1n) is 3.95. The minimum atomic E-state index is 0. The van der Waals surface area contributed by atoms with Crippen LogP contribution in [0.15, 0.2) is 0 Å². The summed E-state index contributed by atoms with van der Waals surface area (Å²) in [4.78, 5) is 0.748. The number of hydrogen-bond donors (Lipinski definition) is 0. The van der Waals surface area contributed by atoms with Gasteiger partial charge < -0.3 is 0 Å². The van der Waals surface area contributed by atoms with Gasteiger partial charge in [0.15, 0.2) is 0 Å². The summed E-state index contributed by atoms with van der Waals surface area (Å²) in [5.74, 6) is 0.971. The first kappa shape index (κ1) is 11.2. The van der Waals surface area contributed by atoms with E-state index in [2.05, 4.69) is 22.9 Å². The first-order valence-corrected chi connectivity index (χ1v) is 4.86. The van der Waals surface area contributed by atoms with Gasteiger partial charge in [-0.25, -0.2) is 0 Å². The van der Waals surface area contributed by atoms with E-state index in [4.69, 9.17) is 0 Å². The third-order valence-corrected chi connectivity index (χ3v) is 3.05. The van der Waals surface area contributed by atoms with Crippen molar-refractivity contribution in [3.05, 3.63) is 0 Å². The quantitative estimate of drug-likeness (QED) is 0.467. The van der Waals surface area contributed by atoms with Gasteiger partial charge in [0, 0.05) is 4.83 Å². The fourth-order valence-corrected chi connectivity index (χ4v) is 2.12. The number of halogens is 1. The van der Waals surface area contributed by atoms with Crippen LogP contribution < -0.4 is 0 Å². The largest absolute Gasteiger partial charge is 0.316 e. The minimum Gasteiger partial charge on any atom is -0.0891 e. The van der Waals surface area contributed by atoms with E-state index in [0.717, 1.165) is 10.7 Å². The molecule has 0 aromatic carbocycles. The van der Waals surface area contributed by atoms with Crippen LogP contribution in [0.1, 0.15) is 39.0 Å². The van der Waals surface area contributed by atoms with Crippen molar-refractivity contribution in [2.75, 3.05) is 0 Å². The van der Waals surface area contributed by atoms with Gasteiger partial charge in [0.2, 0.25) is 0 Å². The molecule has 0 nitrogen and oxygen atoms in total. The molecule has 0 aliphatic heterocycles. The lowest BCUT2D eigenvalue weighted by Gasteiger charge is -2.23. The molecule has 0 radical (unpaired) electrons.